The summed E-state index contributed by atoms with van der Waals surface area (Å²) < 4.78 is 18.3. The van der Waals surface area contributed by atoms with Crippen LogP contribution >= 0.6 is 31.9 Å². The molecule has 0 saturated heterocycles. The topological polar surface area (TPSA) is 26.3 Å². The second-order valence-corrected chi connectivity index (χ2v) is 5.05. The molecule has 0 radical (unpaired) electrons. The number of carbonyl (C=O) groups is 1. The maximum atomic E-state index is 13.4. The Hall–Kier alpha value is -0.420. The van der Waals surface area contributed by atoms with E-state index in [-0.39, 0.29) is 5.82 Å². The van der Waals surface area contributed by atoms with E-state index in [9.17, 15) is 9.18 Å². The van der Waals surface area contributed by atoms with E-state index in [0.717, 1.165) is 0 Å². The zero-order chi connectivity index (χ0) is 12.1. The van der Waals surface area contributed by atoms with Gasteiger partial charge in [0.2, 0.25) is 0 Å². The number of benzene rings is 1. The van der Waals surface area contributed by atoms with Crippen LogP contribution in [0.25, 0.3) is 0 Å². The summed E-state index contributed by atoms with van der Waals surface area (Å²) in [5, 5.41) is 0. The predicted octanol–water partition coefficient (Wildman–Crippen LogP) is 3.59. The van der Waals surface area contributed by atoms with E-state index in [2.05, 4.69) is 31.9 Å². The van der Waals surface area contributed by atoms with E-state index < -0.39 is 15.6 Å². The van der Waals surface area contributed by atoms with Crippen LogP contribution in [0.4, 0.5) is 4.39 Å². The van der Waals surface area contributed by atoms with E-state index in [4.69, 9.17) is 4.74 Å². The van der Waals surface area contributed by atoms with Gasteiger partial charge in [0.1, 0.15) is 10.6 Å². The number of hydrogen-bond donors (Lipinski definition) is 0. The van der Waals surface area contributed by atoms with Gasteiger partial charge in [-0.3, -0.25) is 4.79 Å². The lowest BCUT2D eigenvalue weighted by Crippen LogP contribution is -2.22. The fourth-order valence-electron chi connectivity index (χ4n) is 1.20. The van der Waals surface area contributed by atoms with Crippen LogP contribution in [-0.4, -0.2) is 17.4 Å². The molecule has 0 spiro atoms. The zero-order valence-electron chi connectivity index (χ0n) is 8.62. The second-order valence-electron chi connectivity index (χ2n) is 3.08. The maximum Gasteiger partial charge on any atom is 0.321 e. The molecule has 2 unspecified atom stereocenters. The van der Waals surface area contributed by atoms with Gasteiger partial charge in [0.25, 0.3) is 0 Å². The number of carbonyl (C=O) groups excluding carboxylic acids is 1. The average Bonchev–Trinajstić information content (AvgIpc) is 2.28. The van der Waals surface area contributed by atoms with Crippen LogP contribution in [0.3, 0.4) is 0 Å². The van der Waals surface area contributed by atoms with Crippen molar-refractivity contribution >= 4 is 37.8 Å². The Labute approximate surface area is 110 Å². The molecule has 1 aromatic carbocycles. The van der Waals surface area contributed by atoms with Gasteiger partial charge in [-0.25, -0.2) is 4.39 Å². The molecule has 0 N–H and O–H groups in total. The van der Waals surface area contributed by atoms with Crippen molar-refractivity contribution in [3.8, 4) is 0 Å². The number of alkyl halides is 2. The second kappa shape index (κ2) is 6.35. The summed E-state index contributed by atoms with van der Waals surface area (Å²) in [5.74, 6) is -0.759. The minimum absolute atomic E-state index is 0.303. The first kappa shape index (κ1) is 13.6. The first-order chi connectivity index (χ1) is 7.57. The Morgan fingerprint density at radius 3 is 2.62 bits per heavy atom. The summed E-state index contributed by atoms with van der Waals surface area (Å²) in [6.45, 7) is 2.03. The third-order valence-corrected chi connectivity index (χ3v) is 4.60. The lowest BCUT2D eigenvalue weighted by molar-refractivity contribution is -0.142. The van der Waals surface area contributed by atoms with Crippen LogP contribution in [0.1, 0.15) is 17.3 Å². The summed E-state index contributed by atoms with van der Waals surface area (Å²) in [7, 11) is 0. The van der Waals surface area contributed by atoms with Crippen LogP contribution < -0.4 is 0 Å². The molecular formula is C11H11Br2FO2. The van der Waals surface area contributed by atoms with Gasteiger partial charge in [0.05, 0.1) is 11.4 Å². The summed E-state index contributed by atoms with van der Waals surface area (Å²) >= 11 is 6.48. The maximum absolute atomic E-state index is 13.4. The molecule has 16 heavy (non-hydrogen) atoms. The van der Waals surface area contributed by atoms with Gasteiger partial charge >= 0.3 is 5.97 Å². The van der Waals surface area contributed by atoms with Gasteiger partial charge in [-0.2, -0.15) is 0 Å². The fraction of sp³-hybridized carbons (Fsp3) is 0.364. The standard InChI is InChI=1S/C11H11Br2FO2/c1-2-16-11(15)10(13)9(12)7-5-3-4-6-8(7)14/h3-6,9-10H,2H2,1H3. The van der Waals surface area contributed by atoms with Crippen LogP contribution in [0.5, 0.6) is 0 Å². The lowest BCUT2D eigenvalue weighted by atomic mass is 10.1. The third-order valence-electron chi connectivity index (χ3n) is 1.97. The van der Waals surface area contributed by atoms with Gasteiger partial charge in [0.15, 0.2) is 0 Å². The van der Waals surface area contributed by atoms with Crippen molar-refractivity contribution in [3.63, 3.8) is 0 Å². The van der Waals surface area contributed by atoms with Crippen molar-refractivity contribution in [3.05, 3.63) is 35.6 Å². The first-order valence-corrected chi connectivity index (χ1v) is 6.60. The number of halogens is 3. The van der Waals surface area contributed by atoms with E-state index in [1.165, 1.54) is 6.07 Å². The Morgan fingerprint density at radius 2 is 2.06 bits per heavy atom. The molecule has 0 fully saturated rings. The highest BCUT2D eigenvalue weighted by molar-refractivity contribution is 9.12. The van der Waals surface area contributed by atoms with Gasteiger partial charge in [-0.05, 0) is 13.0 Å². The molecule has 2 atom stereocenters. The summed E-state index contributed by atoms with van der Waals surface area (Å²) in [6.07, 6.45) is 0. The van der Waals surface area contributed by atoms with E-state index in [1.807, 2.05) is 0 Å². The summed E-state index contributed by atoms with van der Waals surface area (Å²) in [4.78, 5) is 10.4. The molecule has 0 aliphatic rings. The van der Waals surface area contributed by atoms with Crippen LogP contribution in [-0.2, 0) is 9.53 Å². The molecule has 0 bridgehead atoms. The molecule has 0 aliphatic heterocycles. The van der Waals surface area contributed by atoms with Gasteiger partial charge in [0, 0.05) is 5.56 Å². The van der Waals surface area contributed by atoms with E-state index in [1.54, 1.807) is 25.1 Å². The molecule has 0 aliphatic carbocycles. The zero-order valence-corrected chi connectivity index (χ0v) is 11.8. The molecule has 88 valence electrons. The molecule has 1 aromatic rings. The van der Waals surface area contributed by atoms with Gasteiger partial charge < -0.3 is 4.74 Å². The normalized spacial score (nSPS) is 14.2. The largest absolute Gasteiger partial charge is 0.465 e. The molecule has 0 amide bonds. The van der Waals surface area contributed by atoms with E-state index in [0.29, 0.717) is 12.2 Å². The summed E-state index contributed by atoms with van der Waals surface area (Å²) in [5.41, 5.74) is 0.428. The number of rotatable bonds is 4. The Bertz CT molecular complexity index is 371. The molecule has 2 nitrogen and oxygen atoms in total. The number of hydrogen-bond acceptors (Lipinski definition) is 2. The van der Waals surface area contributed by atoms with Crippen LogP contribution in [0, 0.1) is 5.82 Å². The Balaban J connectivity index is 2.82. The average molecular weight is 354 g/mol. The van der Waals surface area contributed by atoms with Crippen molar-refractivity contribution in [2.45, 2.75) is 16.6 Å². The molecule has 0 saturated carbocycles. The molecule has 5 heteroatoms. The van der Waals surface area contributed by atoms with Crippen LogP contribution in [0.2, 0.25) is 0 Å². The minimum atomic E-state index is -0.607. The van der Waals surface area contributed by atoms with Gasteiger partial charge in [-0.15, -0.1) is 0 Å². The molecular weight excluding hydrogens is 343 g/mol. The number of ether oxygens (including phenoxy) is 1. The van der Waals surface area contributed by atoms with E-state index >= 15 is 0 Å². The van der Waals surface area contributed by atoms with Crippen LogP contribution in [0.15, 0.2) is 24.3 Å². The predicted molar refractivity (Wildman–Crippen MR) is 67.4 cm³/mol. The van der Waals surface area contributed by atoms with Crippen molar-refractivity contribution in [2.24, 2.45) is 0 Å². The summed E-state index contributed by atoms with van der Waals surface area (Å²) in [6, 6.07) is 6.31. The highest BCUT2D eigenvalue weighted by atomic mass is 79.9. The lowest BCUT2D eigenvalue weighted by Gasteiger charge is -2.16. The third kappa shape index (κ3) is 3.28. The monoisotopic (exact) mass is 352 g/mol. The first-order valence-electron chi connectivity index (χ1n) is 4.77. The fourth-order valence-corrected chi connectivity index (χ4v) is 2.20. The SMILES string of the molecule is CCOC(=O)C(Br)C(Br)c1ccccc1F. The Kier molecular flexibility index (Phi) is 5.41. The van der Waals surface area contributed by atoms with Gasteiger partial charge in [-0.1, -0.05) is 50.1 Å². The highest BCUT2D eigenvalue weighted by Gasteiger charge is 2.27. The molecule has 0 aromatic heterocycles. The molecule has 0 heterocycles. The quantitative estimate of drug-likeness (QED) is 0.610. The van der Waals surface area contributed by atoms with Crippen molar-refractivity contribution in [1.82, 2.24) is 0 Å². The Morgan fingerprint density at radius 1 is 1.44 bits per heavy atom. The van der Waals surface area contributed by atoms with Crippen molar-refractivity contribution in [2.75, 3.05) is 6.61 Å². The van der Waals surface area contributed by atoms with Crippen molar-refractivity contribution in [1.29, 1.82) is 0 Å². The molecule has 1 rings (SSSR count). The van der Waals surface area contributed by atoms with Crippen molar-refractivity contribution < 1.29 is 13.9 Å². The number of esters is 1. The smallest absolute Gasteiger partial charge is 0.321 e. The highest BCUT2D eigenvalue weighted by Crippen LogP contribution is 2.33. The minimum Gasteiger partial charge on any atom is -0.465 e.